The summed E-state index contributed by atoms with van der Waals surface area (Å²) in [5.41, 5.74) is 1.09. The van der Waals surface area contributed by atoms with E-state index in [9.17, 15) is 14.7 Å². The minimum absolute atomic E-state index is 0.0522. The van der Waals surface area contributed by atoms with E-state index in [0.29, 0.717) is 13.0 Å². The fourth-order valence-corrected chi connectivity index (χ4v) is 3.44. The van der Waals surface area contributed by atoms with E-state index in [1.807, 2.05) is 6.07 Å². The van der Waals surface area contributed by atoms with Gasteiger partial charge in [-0.05, 0) is 30.9 Å². The molecule has 0 unspecified atom stereocenters. The van der Waals surface area contributed by atoms with E-state index in [1.165, 1.54) is 56.8 Å². The van der Waals surface area contributed by atoms with Crippen LogP contribution in [-0.2, 0) is 11.2 Å². The standard InChI is InChI=1S/C24H38O4.H4N2/c1-3-5-7-9-11-13-16-20-17-15-18-21(23(25)26)22(20)24(27)28-19-14-12-10-8-6-4-2;1-2/h15,17-18H,3-14,16,19H2,1-2H3,(H,25,26);1-2H2/i/hD. The van der Waals surface area contributed by atoms with Gasteiger partial charge in [-0.3, -0.25) is 11.7 Å². The topological polar surface area (TPSA) is 116 Å². The molecule has 172 valence electrons. The summed E-state index contributed by atoms with van der Waals surface area (Å²) < 4.78 is 11.2. The number of carbonyl (C=O) groups excluding carboxylic acids is 1. The summed E-state index contributed by atoms with van der Waals surface area (Å²) in [7, 11) is 0. The zero-order chi connectivity index (χ0) is 23.3. The molecule has 0 aliphatic heterocycles. The molecule has 1 aromatic rings. The number of rotatable bonds is 16. The summed E-state index contributed by atoms with van der Waals surface area (Å²) in [4.78, 5) is 24.2. The Hall–Kier alpha value is -1.92. The predicted molar refractivity (Wildman–Crippen MR) is 123 cm³/mol. The molecular weight excluding hydrogens is 380 g/mol. The van der Waals surface area contributed by atoms with Crippen molar-refractivity contribution in [2.75, 3.05) is 6.61 Å². The number of benzene rings is 1. The van der Waals surface area contributed by atoms with Crippen molar-refractivity contribution in [2.24, 2.45) is 11.7 Å². The molecule has 0 aliphatic carbocycles. The number of hydrogen-bond donors (Lipinski definition) is 3. The first-order chi connectivity index (χ1) is 15.0. The van der Waals surface area contributed by atoms with Crippen LogP contribution in [0.2, 0.25) is 1.41 Å². The third kappa shape index (κ3) is 11.9. The largest absolute Gasteiger partial charge is 0.478 e. The number of esters is 1. The average Bonchev–Trinajstić information content (AvgIpc) is 2.75. The van der Waals surface area contributed by atoms with Crippen molar-refractivity contribution in [1.29, 1.82) is 0 Å². The summed E-state index contributed by atoms with van der Waals surface area (Å²) in [5, 5.41) is 9.49. The zero-order valence-electron chi connectivity index (χ0n) is 19.9. The van der Waals surface area contributed by atoms with Crippen LogP contribution >= 0.6 is 0 Å². The lowest BCUT2D eigenvalue weighted by molar-refractivity contribution is 0.0486. The number of carboxylic acid groups (broad SMARTS) is 1. The van der Waals surface area contributed by atoms with Crippen molar-refractivity contribution in [1.82, 2.24) is 0 Å². The third-order valence-electron chi connectivity index (χ3n) is 5.12. The van der Waals surface area contributed by atoms with E-state index in [-0.39, 0.29) is 11.1 Å². The highest BCUT2D eigenvalue weighted by Gasteiger charge is 2.21. The third-order valence-corrected chi connectivity index (χ3v) is 5.12. The molecule has 0 atom stereocenters. The maximum atomic E-state index is 12.6. The molecule has 30 heavy (non-hydrogen) atoms. The van der Waals surface area contributed by atoms with Crippen molar-refractivity contribution >= 4 is 11.9 Å². The molecule has 5 N–H and O–H groups in total. The molecular formula is C24H42N2O4. The number of hydrazine groups is 1. The fourth-order valence-electron chi connectivity index (χ4n) is 3.44. The molecule has 0 saturated carbocycles. The van der Waals surface area contributed by atoms with E-state index < -0.39 is 11.9 Å². The Bertz CT molecular complexity index is 611. The lowest BCUT2D eigenvalue weighted by atomic mass is 9.96. The summed E-state index contributed by atoms with van der Waals surface area (Å²) >= 11 is 0. The van der Waals surface area contributed by atoms with Gasteiger partial charge in [0.05, 0.1) is 17.7 Å². The number of aromatic carboxylic acids is 1. The minimum atomic E-state index is -1.07. The highest BCUT2D eigenvalue weighted by atomic mass is 16.5. The van der Waals surface area contributed by atoms with Crippen molar-refractivity contribution in [3.05, 3.63) is 34.9 Å². The SMILES string of the molecule is CCCCCCCCOC(=O)c1c(CCCCCCCC)cccc1C(=O)O.[2H]NN. The highest BCUT2D eigenvalue weighted by molar-refractivity contribution is 6.03. The lowest BCUT2D eigenvalue weighted by Gasteiger charge is -2.12. The van der Waals surface area contributed by atoms with Crippen LogP contribution in [0.1, 0.15) is 117 Å². The maximum Gasteiger partial charge on any atom is 0.339 e. The molecule has 0 saturated heterocycles. The molecule has 0 fully saturated rings. The van der Waals surface area contributed by atoms with Crippen LogP contribution in [0.3, 0.4) is 0 Å². The average molecular weight is 424 g/mol. The van der Waals surface area contributed by atoms with E-state index in [0.717, 1.165) is 37.7 Å². The number of hydrogen-bond acceptors (Lipinski definition) is 5. The van der Waals surface area contributed by atoms with Crippen molar-refractivity contribution < 1.29 is 20.8 Å². The van der Waals surface area contributed by atoms with E-state index >= 15 is 0 Å². The second-order valence-electron chi connectivity index (χ2n) is 7.57. The number of unbranched alkanes of at least 4 members (excludes halogenated alkanes) is 10. The normalized spacial score (nSPS) is 10.7. The molecule has 0 aliphatic rings. The van der Waals surface area contributed by atoms with Gasteiger partial charge in [0.15, 0.2) is 0 Å². The Morgan fingerprint density at radius 3 is 2.03 bits per heavy atom. The van der Waals surface area contributed by atoms with Gasteiger partial charge < -0.3 is 9.84 Å². The van der Waals surface area contributed by atoms with Crippen LogP contribution in [-0.4, -0.2) is 23.7 Å². The van der Waals surface area contributed by atoms with Crippen molar-refractivity contribution in [2.45, 2.75) is 97.3 Å². The van der Waals surface area contributed by atoms with Gasteiger partial charge in [0.2, 0.25) is 0 Å². The second-order valence-corrected chi connectivity index (χ2v) is 7.57. The van der Waals surface area contributed by atoms with Crippen LogP contribution in [0.15, 0.2) is 18.2 Å². The molecule has 0 spiro atoms. The Morgan fingerprint density at radius 2 is 1.47 bits per heavy atom. The first-order valence-corrected chi connectivity index (χ1v) is 11.4. The van der Waals surface area contributed by atoms with Crippen molar-refractivity contribution in [3.8, 4) is 0 Å². The van der Waals surface area contributed by atoms with Gasteiger partial charge in [0.25, 0.3) is 0 Å². The van der Waals surface area contributed by atoms with E-state index in [4.69, 9.17) is 6.15 Å². The smallest absolute Gasteiger partial charge is 0.339 e. The highest BCUT2D eigenvalue weighted by Crippen LogP contribution is 2.20. The number of ether oxygens (including phenoxy) is 1. The molecule has 0 aromatic heterocycles. The maximum absolute atomic E-state index is 12.6. The molecule has 0 amide bonds. The first kappa shape index (κ1) is 26.1. The van der Waals surface area contributed by atoms with Crippen molar-refractivity contribution in [3.63, 3.8) is 0 Å². The molecule has 6 heteroatoms. The Balaban J connectivity index is 0.00000282. The fraction of sp³-hybridized carbons (Fsp3) is 0.667. The number of nitrogens with two attached hydrogens (primary N) is 2. The number of carbonyl (C=O) groups is 2. The Morgan fingerprint density at radius 1 is 0.933 bits per heavy atom. The predicted octanol–water partition coefficient (Wildman–Crippen LogP) is 5.62. The van der Waals surface area contributed by atoms with Crippen LogP contribution in [0.25, 0.3) is 0 Å². The monoisotopic (exact) mass is 423 g/mol. The van der Waals surface area contributed by atoms with Gasteiger partial charge >= 0.3 is 11.9 Å². The Kier molecular flexibility index (Phi) is 16.6. The molecule has 0 bridgehead atoms. The molecule has 1 aromatic carbocycles. The van der Waals surface area contributed by atoms with Gasteiger partial charge in [-0.2, -0.15) is 0 Å². The number of aryl methyl sites for hydroxylation is 1. The van der Waals surface area contributed by atoms with E-state index in [2.05, 4.69) is 19.7 Å². The second kappa shape index (κ2) is 19.1. The first-order valence-electron chi connectivity index (χ1n) is 11.9. The molecule has 0 heterocycles. The summed E-state index contributed by atoms with van der Waals surface area (Å²) in [5.74, 6) is 4.20. The van der Waals surface area contributed by atoms with Gasteiger partial charge in [-0.15, -0.1) is 0 Å². The zero-order valence-corrected chi connectivity index (χ0v) is 18.9. The van der Waals surface area contributed by atoms with Gasteiger partial charge in [0.1, 0.15) is 1.41 Å². The van der Waals surface area contributed by atoms with Gasteiger partial charge in [0, 0.05) is 0 Å². The lowest BCUT2D eigenvalue weighted by Crippen LogP contribution is -2.15. The van der Waals surface area contributed by atoms with Crippen LogP contribution in [0.4, 0.5) is 0 Å². The quantitative estimate of drug-likeness (QED) is 0.137. The van der Waals surface area contributed by atoms with Crippen LogP contribution in [0.5, 0.6) is 0 Å². The van der Waals surface area contributed by atoms with Gasteiger partial charge in [-0.25, -0.2) is 9.59 Å². The number of carboxylic acids is 1. The van der Waals surface area contributed by atoms with Gasteiger partial charge in [-0.1, -0.05) is 90.2 Å². The van der Waals surface area contributed by atoms with Crippen LogP contribution in [0, 0.1) is 0 Å². The summed E-state index contributed by atoms with van der Waals surface area (Å²) in [6.07, 6.45) is 14.4. The summed E-state index contributed by atoms with van der Waals surface area (Å²) in [6.45, 7) is 4.74. The molecule has 1 rings (SSSR count). The van der Waals surface area contributed by atoms with E-state index in [1.54, 1.807) is 6.07 Å². The molecule has 6 nitrogen and oxygen atoms in total. The Labute approximate surface area is 183 Å². The van der Waals surface area contributed by atoms with Crippen LogP contribution < -0.4 is 11.7 Å². The summed E-state index contributed by atoms with van der Waals surface area (Å²) in [6, 6.07) is 5.08. The molecule has 0 radical (unpaired) electrons. The minimum Gasteiger partial charge on any atom is -0.478 e.